The summed E-state index contributed by atoms with van der Waals surface area (Å²) in [5.41, 5.74) is 0. The summed E-state index contributed by atoms with van der Waals surface area (Å²) in [6, 6.07) is -0.493. The highest BCUT2D eigenvalue weighted by Gasteiger charge is 2.21. The molecular weight excluding hydrogens is 264 g/mol. The Labute approximate surface area is 119 Å². The number of amides is 2. The molecule has 0 rings (SSSR count). The van der Waals surface area contributed by atoms with Crippen molar-refractivity contribution in [3.63, 3.8) is 0 Å². The number of likely N-dealkylation sites (N-methyl/N-ethyl adjacent to an activating group) is 1. The maximum Gasteiger partial charge on any atom is 0.325 e. The molecule has 0 aliphatic heterocycles. The fourth-order valence-electron chi connectivity index (χ4n) is 1.66. The second kappa shape index (κ2) is 9.17. The molecular formula is C13H24N2O5. The smallest absolute Gasteiger partial charge is 0.325 e. The Morgan fingerprint density at radius 2 is 1.90 bits per heavy atom. The van der Waals surface area contributed by atoms with Crippen molar-refractivity contribution in [3.05, 3.63) is 0 Å². The molecule has 116 valence electrons. The van der Waals surface area contributed by atoms with E-state index in [1.807, 2.05) is 13.8 Å². The lowest BCUT2D eigenvalue weighted by Crippen LogP contribution is -2.43. The molecule has 0 aromatic carbocycles. The number of nitrogens with zero attached hydrogens (tertiary/aromatic N) is 1. The van der Waals surface area contributed by atoms with Crippen molar-refractivity contribution in [1.82, 2.24) is 10.2 Å². The van der Waals surface area contributed by atoms with Crippen LogP contribution < -0.4 is 5.32 Å². The lowest BCUT2D eigenvalue weighted by molar-refractivity contribution is -0.144. The molecule has 7 nitrogen and oxygen atoms in total. The summed E-state index contributed by atoms with van der Waals surface area (Å²) >= 11 is 0. The quantitative estimate of drug-likeness (QED) is 0.648. The Hall–Kier alpha value is -1.79. The number of carbonyl (C=O) groups excluding carboxylic acids is 2. The fourth-order valence-corrected chi connectivity index (χ4v) is 1.66. The number of carbonyl (C=O) groups is 3. The van der Waals surface area contributed by atoms with E-state index < -0.39 is 23.9 Å². The van der Waals surface area contributed by atoms with Gasteiger partial charge in [0, 0.05) is 13.6 Å². The minimum absolute atomic E-state index is 0.0412. The number of hydrogen-bond donors (Lipinski definition) is 2. The van der Waals surface area contributed by atoms with Crippen LogP contribution in [0.4, 0.5) is 4.79 Å². The number of ether oxygens (including phenoxy) is 1. The van der Waals surface area contributed by atoms with Crippen LogP contribution in [-0.2, 0) is 14.3 Å². The highest BCUT2D eigenvalue weighted by Crippen LogP contribution is 2.11. The zero-order valence-corrected chi connectivity index (χ0v) is 12.5. The van der Waals surface area contributed by atoms with E-state index in [0.29, 0.717) is 6.42 Å². The maximum absolute atomic E-state index is 11.7. The van der Waals surface area contributed by atoms with Gasteiger partial charge in [-0.3, -0.25) is 9.59 Å². The molecule has 2 amide bonds. The number of urea groups is 1. The predicted octanol–water partition coefficient (Wildman–Crippen LogP) is 0.938. The molecule has 7 heteroatoms. The molecule has 0 aliphatic carbocycles. The van der Waals surface area contributed by atoms with E-state index in [0.717, 1.165) is 4.90 Å². The van der Waals surface area contributed by atoms with Crippen molar-refractivity contribution in [2.45, 2.75) is 27.2 Å². The van der Waals surface area contributed by atoms with Crippen LogP contribution in [0.3, 0.4) is 0 Å². The third-order valence-corrected chi connectivity index (χ3v) is 2.62. The van der Waals surface area contributed by atoms with Gasteiger partial charge in [0.05, 0.1) is 12.5 Å². The second-order valence-corrected chi connectivity index (χ2v) is 5.01. The summed E-state index contributed by atoms with van der Waals surface area (Å²) in [6.45, 7) is 5.65. The van der Waals surface area contributed by atoms with Crippen LogP contribution in [0.5, 0.6) is 0 Å². The van der Waals surface area contributed by atoms with Crippen molar-refractivity contribution in [1.29, 1.82) is 0 Å². The molecule has 0 heterocycles. The summed E-state index contributed by atoms with van der Waals surface area (Å²) in [5.74, 6) is -1.84. The van der Waals surface area contributed by atoms with Gasteiger partial charge in [0.25, 0.3) is 0 Å². The first-order valence-electron chi connectivity index (χ1n) is 6.65. The van der Waals surface area contributed by atoms with Gasteiger partial charge in [-0.05, 0) is 19.3 Å². The van der Waals surface area contributed by atoms with Crippen LogP contribution in [0.1, 0.15) is 27.2 Å². The SMILES string of the molecule is CCOC(=O)CN(C)C(=O)NCC(CC(C)C)C(=O)O. The number of aliphatic carboxylic acids is 1. The van der Waals surface area contributed by atoms with Crippen molar-refractivity contribution in [2.75, 3.05) is 26.7 Å². The van der Waals surface area contributed by atoms with Crippen molar-refractivity contribution < 1.29 is 24.2 Å². The fraction of sp³-hybridized carbons (Fsp3) is 0.769. The number of esters is 1. The zero-order chi connectivity index (χ0) is 15.7. The van der Waals surface area contributed by atoms with Gasteiger partial charge in [-0.1, -0.05) is 13.8 Å². The molecule has 0 radical (unpaired) electrons. The topological polar surface area (TPSA) is 95.9 Å². The third-order valence-electron chi connectivity index (χ3n) is 2.62. The summed E-state index contributed by atoms with van der Waals surface area (Å²) < 4.78 is 4.72. The Bertz CT molecular complexity index is 344. The zero-order valence-electron chi connectivity index (χ0n) is 12.5. The summed E-state index contributed by atoms with van der Waals surface area (Å²) in [5, 5.41) is 11.6. The van der Waals surface area contributed by atoms with Crippen molar-refractivity contribution in [3.8, 4) is 0 Å². The molecule has 0 aliphatic rings. The molecule has 0 saturated carbocycles. The molecule has 1 unspecified atom stereocenters. The minimum atomic E-state index is -0.938. The normalized spacial score (nSPS) is 11.8. The van der Waals surface area contributed by atoms with E-state index in [-0.39, 0.29) is 25.6 Å². The van der Waals surface area contributed by atoms with Crippen LogP contribution in [-0.4, -0.2) is 54.7 Å². The van der Waals surface area contributed by atoms with E-state index in [1.165, 1.54) is 7.05 Å². The van der Waals surface area contributed by atoms with Gasteiger partial charge in [0.2, 0.25) is 0 Å². The van der Waals surface area contributed by atoms with Gasteiger partial charge in [-0.2, -0.15) is 0 Å². The maximum atomic E-state index is 11.7. The highest BCUT2D eigenvalue weighted by atomic mass is 16.5. The van der Waals surface area contributed by atoms with Gasteiger partial charge >= 0.3 is 18.0 Å². The number of rotatable bonds is 8. The summed E-state index contributed by atoms with van der Waals surface area (Å²) in [6.07, 6.45) is 0.483. The number of nitrogens with one attached hydrogen (secondary N) is 1. The Kier molecular flexibility index (Phi) is 8.35. The van der Waals surface area contributed by atoms with Gasteiger partial charge in [0.1, 0.15) is 6.54 Å². The molecule has 0 aromatic rings. The number of carboxylic acids is 1. The lowest BCUT2D eigenvalue weighted by Gasteiger charge is -2.20. The molecule has 0 saturated heterocycles. The Balaban J connectivity index is 4.23. The monoisotopic (exact) mass is 288 g/mol. The van der Waals surface area contributed by atoms with Gasteiger partial charge in [-0.15, -0.1) is 0 Å². The first-order valence-corrected chi connectivity index (χ1v) is 6.65. The average molecular weight is 288 g/mol. The second-order valence-electron chi connectivity index (χ2n) is 5.01. The van der Waals surface area contributed by atoms with E-state index in [4.69, 9.17) is 9.84 Å². The standard InChI is InChI=1S/C13H24N2O5/c1-5-20-11(16)8-15(4)13(19)14-7-10(12(17)18)6-9(2)3/h9-10H,5-8H2,1-4H3,(H,14,19)(H,17,18). The van der Waals surface area contributed by atoms with Crippen LogP contribution >= 0.6 is 0 Å². The number of hydrogen-bond acceptors (Lipinski definition) is 4. The molecule has 0 spiro atoms. The minimum Gasteiger partial charge on any atom is -0.481 e. The van der Waals surface area contributed by atoms with Gasteiger partial charge < -0.3 is 20.1 Å². The van der Waals surface area contributed by atoms with Crippen LogP contribution in [0.15, 0.2) is 0 Å². The highest BCUT2D eigenvalue weighted by molar-refractivity contribution is 5.81. The molecule has 0 bridgehead atoms. The third kappa shape index (κ3) is 7.60. The Morgan fingerprint density at radius 1 is 1.30 bits per heavy atom. The molecule has 0 fully saturated rings. The van der Waals surface area contributed by atoms with Crippen LogP contribution in [0.2, 0.25) is 0 Å². The molecule has 2 N–H and O–H groups in total. The first-order chi connectivity index (χ1) is 9.27. The van der Waals surface area contributed by atoms with E-state index in [9.17, 15) is 14.4 Å². The van der Waals surface area contributed by atoms with Crippen LogP contribution in [0.25, 0.3) is 0 Å². The average Bonchev–Trinajstić information content (AvgIpc) is 2.33. The lowest BCUT2D eigenvalue weighted by atomic mass is 9.97. The molecule has 0 aromatic heterocycles. The summed E-state index contributed by atoms with van der Waals surface area (Å²) in [7, 11) is 1.45. The van der Waals surface area contributed by atoms with Crippen molar-refractivity contribution >= 4 is 18.0 Å². The largest absolute Gasteiger partial charge is 0.481 e. The Morgan fingerprint density at radius 3 is 2.35 bits per heavy atom. The molecule has 20 heavy (non-hydrogen) atoms. The van der Waals surface area contributed by atoms with Gasteiger partial charge in [-0.25, -0.2) is 4.79 Å². The van der Waals surface area contributed by atoms with E-state index >= 15 is 0 Å². The van der Waals surface area contributed by atoms with Crippen LogP contribution in [0, 0.1) is 11.8 Å². The number of carboxylic acid groups (broad SMARTS) is 1. The molecule has 1 atom stereocenters. The van der Waals surface area contributed by atoms with Gasteiger partial charge in [0.15, 0.2) is 0 Å². The predicted molar refractivity (Wildman–Crippen MR) is 73.2 cm³/mol. The van der Waals surface area contributed by atoms with E-state index in [2.05, 4.69) is 5.32 Å². The first kappa shape index (κ1) is 18.2. The van der Waals surface area contributed by atoms with E-state index in [1.54, 1.807) is 6.92 Å². The summed E-state index contributed by atoms with van der Waals surface area (Å²) in [4.78, 5) is 35.1. The van der Waals surface area contributed by atoms with Crippen molar-refractivity contribution in [2.24, 2.45) is 11.8 Å².